The predicted octanol–water partition coefficient (Wildman–Crippen LogP) is 6.06. The van der Waals surface area contributed by atoms with Gasteiger partial charge in [0.1, 0.15) is 5.75 Å². The molecule has 0 spiro atoms. The lowest BCUT2D eigenvalue weighted by atomic mass is 9.96. The van der Waals surface area contributed by atoms with Crippen LogP contribution in [0.15, 0.2) is 78.9 Å². The van der Waals surface area contributed by atoms with Crippen molar-refractivity contribution in [2.45, 2.75) is 19.8 Å². The molecule has 27 heavy (non-hydrogen) atoms. The quantitative estimate of drug-likeness (QED) is 0.418. The first-order valence-corrected chi connectivity index (χ1v) is 9.47. The summed E-state index contributed by atoms with van der Waals surface area (Å²) in [6.45, 7) is 2.22. The van der Waals surface area contributed by atoms with E-state index < -0.39 is 0 Å². The average Bonchev–Trinajstić information content (AvgIpc) is 3.23. The van der Waals surface area contributed by atoms with Gasteiger partial charge in [-0.2, -0.15) is 0 Å². The molecule has 132 valence electrons. The largest absolute Gasteiger partial charge is 0.508 e. The molecule has 0 aliphatic rings. The maximum Gasteiger partial charge on any atom is 0.115 e. The molecule has 1 N–H and O–H groups in total. The summed E-state index contributed by atoms with van der Waals surface area (Å²) in [5.74, 6) is 0.303. The van der Waals surface area contributed by atoms with Gasteiger partial charge < -0.3 is 9.51 Å². The molecule has 0 aliphatic heterocycles. The van der Waals surface area contributed by atoms with Crippen molar-refractivity contribution in [3.8, 4) is 16.9 Å². The van der Waals surface area contributed by atoms with Crippen LogP contribution in [0.1, 0.15) is 23.6 Å². The van der Waals surface area contributed by atoms with E-state index in [0.29, 0.717) is 5.75 Å². The minimum Gasteiger partial charge on any atom is -0.508 e. The Labute approximate surface area is 158 Å². The lowest BCUT2D eigenvalue weighted by Crippen LogP contribution is -1.89. The molecular formula is C25H21NO. The van der Waals surface area contributed by atoms with E-state index in [1.54, 1.807) is 12.1 Å². The highest BCUT2D eigenvalue weighted by atomic mass is 16.3. The van der Waals surface area contributed by atoms with Crippen molar-refractivity contribution in [1.82, 2.24) is 4.40 Å². The number of benzene rings is 2. The zero-order valence-corrected chi connectivity index (χ0v) is 15.3. The molecule has 2 nitrogen and oxygen atoms in total. The van der Waals surface area contributed by atoms with Gasteiger partial charge in [-0.05, 0) is 65.4 Å². The SMILES string of the molecule is CCc1c(-c2ccc(O)cc2)c2c(Cc3ccccc3)cc3cccc1n32. The minimum atomic E-state index is 0.303. The Morgan fingerprint density at radius 3 is 2.37 bits per heavy atom. The topological polar surface area (TPSA) is 24.6 Å². The number of aryl methyl sites for hydroxylation is 1. The Morgan fingerprint density at radius 1 is 0.852 bits per heavy atom. The molecule has 0 fully saturated rings. The summed E-state index contributed by atoms with van der Waals surface area (Å²) < 4.78 is 2.40. The molecular weight excluding hydrogens is 330 g/mol. The van der Waals surface area contributed by atoms with Gasteiger partial charge >= 0.3 is 0 Å². The third kappa shape index (κ3) is 2.48. The summed E-state index contributed by atoms with van der Waals surface area (Å²) in [6, 6.07) is 27.1. The van der Waals surface area contributed by atoms with E-state index in [9.17, 15) is 5.11 Å². The van der Waals surface area contributed by atoms with Gasteiger partial charge in [-0.3, -0.25) is 0 Å². The van der Waals surface area contributed by atoms with Crippen LogP contribution < -0.4 is 0 Å². The minimum absolute atomic E-state index is 0.303. The summed E-state index contributed by atoms with van der Waals surface area (Å²) in [5.41, 5.74) is 10.3. The molecule has 5 rings (SSSR count). The van der Waals surface area contributed by atoms with Crippen LogP contribution in [0, 0.1) is 0 Å². The zero-order chi connectivity index (χ0) is 18.4. The fourth-order valence-electron chi connectivity index (χ4n) is 4.31. The van der Waals surface area contributed by atoms with Crippen LogP contribution in [0.2, 0.25) is 0 Å². The Kier molecular flexibility index (Phi) is 3.64. The molecule has 0 amide bonds. The van der Waals surface area contributed by atoms with Crippen molar-refractivity contribution < 1.29 is 5.11 Å². The number of aromatic hydroxyl groups is 1. The second-order valence-corrected chi connectivity index (χ2v) is 7.11. The van der Waals surface area contributed by atoms with Gasteiger partial charge in [0.2, 0.25) is 0 Å². The molecule has 3 heterocycles. The highest BCUT2D eigenvalue weighted by Crippen LogP contribution is 2.40. The Bertz CT molecular complexity index is 1220. The summed E-state index contributed by atoms with van der Waals surface area (Å²) >= 11 is 0. The first-order valence-electron chi connectivity index (χ1n) is 9.47. The first kappa shape index (κ1) is 16.0. The van der Waals surface area contributed by atoms with Crippen molar-refractivity contribution in [2.24, 2.45) is 0 Å². The van der Waals surface area contributed by atoms with Gasteiger partial charge in [-0.25, -0.2) is 0 Å². The summed E-state index contributed by atoms with van der Waals surface area (Å²) in [7, 11) is 0. The van der Waals surface area contributed by atoms with Crippen LogP contribution in [0.4, 0.5) is 0 Å². The van der Waals surface area contributed by atoms with E-state index in [0.717, 1.165) is 18.4 Å². The fourth-order valence-corrected chi connectivity index (χ4v) is 4.31. The summed E-state index contributed by atoms with van der Waals surface area (Å²) in [5, 5.41) is 9.74. The predicted molar refractivity (Wildman–Crippen MR) is 112 cm³/mol. The van der Waals surface area contributed by atoms with Gasteiger partial charge in [0.05, 0.1) is 11.0 Å². The van der Waals surface area contributed by atoms with Crippen molar-refractivity contribution in [2.75, 3.05) is 0 Å². The van der Waals surface area contributed by atoms with Crippen LogP contribution >= 0.6 is 0 Å². The second kappa shape index (κ2) is 6.17. The monoisotopic (exact) mass is 351 g/mol. The van der Waals surface area contributed by atoms with Gasteiger partial charge in [0.15, 0.2) is 0 Å². The van der Waals surface area contributed by atoms with Crippen molar-refractivity contribution in [1.29, 1.82) is 0 Å². The molecule has 0 atom stereocenters. The molecule has 0 radical (unpaired) electrons. The summed E-state index contributed by atoms with van der Waals surface area (Å²) in [6.07, 6.45) is 1.89. The normalized spacial score (nSPS) is 11.6. The number of hydrogen-bond donors (Lipinski definition) is 1. The number of aromatic nitrogens is 1. The first-order chi connectivity index (χ1) is 13.3. The second-order valence-electron chi connectivity index (χ2n) is 7.11. The fraction of sp³-hybridized carbons (Fsp3) is 0.120. The van der Waals surface area contributed by atoms with E-state index in [2.05, 4.69) is 65.9 Å². The van der Waals surface area contributed by atoms with Gasteiger partial charge in [0, 0.05) is 11.1 Å². The van der Waals surface area contributed by atoms with Gasteiger partial charge in [0.25, 0.3) is 0 Å². The van der Waals surface area contributed by atoms with Crippen molar-refractivity contribution >= 4 is 16.6 Å². The molecule has 0 saturated carbocycles. The van der Waals surface area contributed by atoms with Crippen LogP contribution in [-0.2, 0) is 12.8 Å². The number of pyridine rings is 1. The summed E-state index contributed by atoms with van der Waals surface area (Å²) in [4.78, 5) is 0. The molecule has 2 heteroatoms. The Morgan fingerprint density at radius 2 is 1.63 bits per heavy atom. The molecule has 0 unspecified atom stereocenters. The zero-order valence-electron chi connectivity index (χ0n) is 15.3. The maximum absolute atomic E-state index is 9.74. The molecule has 2 aromatic carbocycles. The lowest BCUT2D eigenvalue weighted by Gasteiger charge is -2.06. The number of phenols is 1. The van der Waals surface area contributed by atoms with Crippen molar-refractivity contribution in [3.05, 3.63) is 95.6 Å². The van der Waals surface area contributed by atoms with E-state index in [-0.39, 0.29) is 0 Å². The standard InChI is InChI=1S/C25H21NO/c1-2-22-23-10-6-9-20-16-19(15-17-7-4-3-5-8-17)25(26(20)23)24(22)18-11-13-21(27)14-12-18/h3-14,16,27H,2,15H2,1H3. The van der Waals surface area contributed by atoms with Gasteiger partial charge in [-0.15, -0.1) is 0 Å². The van der Waals surface area contributed by atoms with E-state index in [4.69, 9.17) is 0 Å². The number of rotatable bonds is 4. The highest BCUT2D eigenvalue weighted by Gasteiger charge is 2.21. The van der Waals surface area contributed by atoms with E-state index in [1.807, 2.05) is 12.1 Å². The maximum atomic E-state index is 9.74. The Balaban J connectivity index is 1.83. The number of nitrogens with zero attached hydrogens (tertiary/aromatic N) is 1. The molecule has 0 saturated heterocycles. The molecule has 0 aliphatic carbocycles. The van der Waals surface area contributed by atoms with Crippen molar-refractivity contribution in [3.63, 3.8) is 0 Å². The lowest BCUT2D eigenvalue weighted by molar-refractivity contribution is 0.475. The van der Waals surface area contributed by atoms with Crippen LogP contribution in [0.25, 0.3) is 27.7 Å². The van der Waals surface area contributed by atoms with Crippen LogP contribution in [0.3, 0.4) is 0 Å². The van der Waals surface area contributed by atoms with Crippen LogP contribution in [0.5, 0.6) is 5.75 Å². The third-order valence-electron chi connectivity index (χ3n) is 5.46. The number of hydrogen-bond acceptors (Lipinski definition) is 1. The highest BCUT2D eigenvalue weighted by molar-refractivity contribution is 5.97. The Hall–Kier alpha value is -3.26. The smallest absolute Gasteiger partial charge is 0.115 e. The van der Waals surface area contributed by atoms with E-state index in [1.165, 1.54) is 38.8 Å². The van der Waals surface area contributed by atoms with Gasteiger partial charge in [-0.1, -0.05) is 55.5 Å². The van der Waals surface area contributed by atoms with Crippen LogP contribution in [-0.4, -0.2) is 9.51 Å². The van der Waals surface area contributed by atoms with E-state index >= 15 is 0 Å². The average molecular weight is 351 g/mol. The third-order valence-corrected chi connectivity index (χ3v) is 5.46. The molecule has 3 aromatic heterocycles. The molecule has 5 aromatic rings. The molecule has 0 bridgehead atoms. The number of phenolic OH excluding ortho intramolecular Hbond substituents is 1.